The lowest BCUT2D eigenvalue weighted by molar-refractivity contribution is -0.111. The zero-order valence-electron chi connectivity index (χ0n) is 5.63. The molecule has 0 aromatic carbocycles. The Hall–Kier alpha value is -0.240. The highest BCUT2D eigenvalue weighted by molar-refractivity contribution is 7.96. The van der Waals surface area contributed by atoms with Crippen LogP contribution < -0.4 is 0 Å². The van der Waals surface area contributed by atoms with E-state index in [9.17, 15) is 4.79 Å². The topological polar surface area (TPSA) is 17.1 Å². The monoisotopic (exact) mass is 144 g/mol. The van der Waals surface area contributed by atoms with Crippen LogP contribution in [0.4, 0.5) is 0 Å². The molecular formula is C7H12OS. The van der Waals surface area contributed by atoms with Crippen molar-refractivity contribution in [1.29, 1.82) is 0 Å². The number of rotatable bonds is 4. The fraction of sp³-hybridized carbons (Fsp3) is 0.571. The minimum absolute atomic E-state index is 0.0539. The molecule has 0 fully saturated rings. The van der Waals surface area contributed by atoms with Crippen molar-refractivity contribution >= 4 is 17.7 Å². The van der Waals surface area contributed by atoms with Gasteiger partial charge < -0.3 is 0 Å². The van der Waals surface area contributed by atoms with Gasteiger partial charge in [0.2, 0.25) is 0 Å². The molecule has 1 atom stereocenters. The van der Waals surface area contributed by atoms with Crippen LogP contribution in [0, 0.1) is 5.92 Å². The number of hydrogen-bond acceptors (Lipinski definition) is 1. The van der Waals surface area contributed by atoms with E-state index in [4.69, 9.17) is 0 Å². The molecule has 1 unspecified atom stereocenters. The zero-order chi connectivity index (χ0) is 7.28. The average Bonchev–Trinajstić information content (AvgIpc) is 1.82. The Bertz CT molecular complexity index is 109. The number of carbonyl (C=O) groups excluding carboxylic acids is 1. The first-order valence-corrected chi connectivity index (χ1v) is 3.49. The first-order chi connectivity index (χ1) is 4.20. The minimum atomic E-state index is -0.0539. The van der Waals surface area contributed by atoms with Crippen molar-refractivity contribution in [2.75, 3.05) is 0 Å². The van der Waals surface area contributed by atoms with Crippen molar-refractivity contribution in [3.05, 3.63) is 12.7 Å². The van der Waals surface area contributed by atoms with Crippen molar-refractivity contribution in [1.82, 2.24) is 0 Å². The van der Waals surface area contributed by atoms with E-state index >= 15 is 0 Å². The second kappa shape index (κ2) is 4.62. The average molecular weight is 144 g/mol. The summed E-state index contributed by atoms with van der Waals surface area (Å²) in [6, 6.07) is 0. The van der Waals surface area contributed by atoms with E-state index in [0.717, 1.165) is 6.42 Å². The van der Waals surface area contributed by atoms with Crippen LogP contribution in [0.25, 0.3) is 0 Å². The molecule has 0 rings (SSSR count). The fourth-order valence-corrected chi connectivity index (χ4v) is 0.853. The van der Waals surface area contributed by atoms with Gasteiger partial charge in [0.15, 0.2) is 5.12 Å². The summed E-state index contributed by atoms with van der Waals surface area (Å²) < 4.78 is 0. The highest BCUT2D eigenvalue weighted by Crippen LogP contribution is 2.09. The maximum atomic E-state index is 10.4. The Labute approximate surface area is 61.6 Å². The van der Waals surface area contributed by atoms with Crippen LogP contribution in [0.2, 0.25) is 0 Å². The van der Waals surface area contributed by atoms with Crippen LogP contribution in [-0.2, 0) is 4.79 Å². The maximum absolute atomic E-state index is 10.4. The lowest BCUT2D eigenvalue weighted by Gasteiger charge is -2.03. The molecular weight excluding hydrogens is 132 g/mol. The molecule has 0 aromatic rings. The standard InChI is InChI=1S/C7H12OS/c1-3-6(4-2)5-7(8)9/h3,6H,1,4-5H2,2H3,(H,8,9). The van der Waals surface area contributed by atoms with Crippen molar-refractivity contribution < 1.29 is 4.79 Å². The third kappa shape index (κ3) is 4.28. The molecule has 0 heterocycles. The predicted molar refractivity (Wildman–Crippen MR) is 42.6 cm³/mol. The molecule has 0 aliphatic carbocycles. The summed E-state index contributed by atoms with van der Waals surface area (Å²) in [5.41, 5.74) is 0. The van der Waals surface area contributed by atoms with Gasteiger partial charge in [-0.1, -0.05) is 13.0 Å². The summed E-state index contributed by atoms with van der Waals surface area (Å²) >= 11 is 3.66. The maximum Gasteiger partial charge on any atom is 0.186 e. The van der Waals surface area contributed by atoms with Crippen molar-refractivity contribution in [2.24, 2.45) is 5.92 Å². The van der Waals surface area contributed by atoms with Gasteiger partial charge in [0.1, 0.15) is 0 Å². The first-order valence-electron chi connectivity index (χ1n) is 3.05. The molecule has 0 N–H and O–H groups in total. The second-order valence-electron chi connectivity index (χ2n) is 2.00. The van der Waals surface area contributed by atoms with Crippen LogP contribution in [0.3, 0.4) is 0 Å². The molecule has 2 heteroatoms. The number of allylic oxidation sites excluding steroid dienone is 1. The lowest BCUT2D eigenvalue weighted by atomic mass is 10.0. The van der Waals surface area contributed by atoms with Gasteiger partial charge in [-0.2, -0.15) is 0 Å². The van der Waals surface area contributed by atoms with Gasteiger partial charge in [-0.15, -0.1) is 19.2 Å². The Morgan fingerprint density at radius 2 is 2.44 bits per heavy atom. The lowest BCUT2D eigenvalue weighted by Crippen LogP contribution is -1.98. The summed E-state index contributed by atoms with van der Waals surface area (Å²) in [5.74, 6) is 0.315. The highest BCUT2D eigenvalue weighted by Gasteiger charge is 2.03. The van der Waals surface area contributed by atoms with Gasteiger partial charge in [-0.3, -0.25) is 4.79 Å². The minimum Gasteiger partial charge on any atom is -0.287 e. The van der Waals surface area contributed by atoms with Gasteiger partial charge in [-0.05, 0) is 12.3 Å². The Balaban J connectivity index is 3.55. The molecule has 0 aliphatic rings. The third-order valence-electron chi connectivity index (χ3n) is 1.29. The van der Waals surface area contributed by atoms with Crippen LogP contribution in [0.15, 0.2) is 12.7 Å². The van der Waals surface area contributed by atoms with Gasteiger partial charge in [0.05, 0.1) is 0 Å². The molecule has 9 heavy (non-hydrogen) atoms. The smallest absolute Gasteiger partial charge is 0.186 e. The van der Waals surface area contributed by atoms with Crippen LogP contribution in [0.1, 0.15) is 19.8 Å². The number of carbonyl (C=O) groups is 1. The summed E-state index contributed by atoms with van der Waals surface area (Å²) in [7, 11) is 0. The van der Waals surface area contributed by atoms with Crippen LogP contribution >= 0.6 is 12.6 Å². The third-order valence-corrected chi connectivity index (χ3v) is 1.48. The molecule has 0 amide bonds. The van der Waals surface area contributed by atoms with E-state index in [1.165, 1.54) is 0 Å². The van der Waals surface area contributed by atoms with E-state index in [2.05, 4.69) is 19.2 Å². The van der Waals surface area contributed by atoms with E-state index in [1.54, 1.807) is 6.08 Å². The van der Waals surface area contributed by atoms with Crippen molar-refractivity contribution in [3.63, 3.8) is 0 Å². The fourth-order valence-electron chi connectivity index (χ4n) is 0.619. The highest BCUT2D eigenvalue weighted by atomic mass is 32.1. The number of thiol groups is 1. The quantitative estimate of drug-likeness (QED) is 0.472. The molecule has 0 aliphatic heterocycles. The van der Waals surface area contributed by atoms with Crippen molar-refractivity contribution in [3.8, 4) is 0 Å². The Morgan fingerprint density at radius 3 is 2.56 bits per heavy atom. The van der Waals surface area contributed by atoms with Gasteiger partial charge >= 0.3 is 0 Å². The summed E-state index contributed by atoms with van der Waals surface area (Å²) in [6.07, 6.45) is 3.28. The van der Waals surface area contributed by atoms with Crippen LogP contribution in [0.5, 0.6) is 0 Å². The summed E-state index contributed by atoms with van der Waals surface area (Å²) in [6.45, 7) is 5.63. The first kappa shape index (κ1) is 8.76. The van der Waals surface area contributed by atoms with E-state index in [1.807, 2.05) is 6.92 Å². The molecule has 1 nitrogen and oxygen atoms in total. The van der Waals surface area contributed by atoms with Gasteiger partial charge in [0, 0.05) is 6.42 Å². The van der Waals surface area contributed by atoms with Gasteiger partial charge in [-0.25, -0.2) is 0 Å². The zero-order valence-corrected chi connectivity index (χ0v) is 6.53. The summed E-state index contributed by atoms with van der Waals surface area (Å²) in [5, 5.41) is -0.0539. The molecule has 0 saturated heterocycles. The van der Waals surface area contributed by atoms with Crippen LogP contribution in [-0.4, -0.2) is 5.12 Å². The van der Waals surface area contributed by atoms with E-state index in [-0.39, 0.29) is 5.12 Å². The predicted octanol–water partition coefficient (Wildman–Crippen LogP) is 2.05. The van der Waals surface area contributed by atoms with Gasteiger partial charge in [0.25, 0.3) is 0 Å². The molecule has 0 spiro atoms. The molecule has 0 radical (unpaired) electrons. The summed E-state index contributed by atoms with van der Waals surface area (Å²) in [4.78, 5) is 10.4. The molecule has 0 bridgehead atoms. The van der Waals surface area contributed by atoms with E-state index < -0.39 is 0 Å². The molecule has 52 valence electrons. The van der Waals surface area contributed by atoms with Crippen molar-refractivity contribution in [2.45, 2.75) is 19.8 Å². The largest absolute Gasteiger partial charge is 0.287 e. The SMILES string of the molecule is C=CC(CC)CC(=O)S. The molecule has 0 saturated carbocycles. The molecule has 0 aromatic heterocycles. The number of hydrogen-bond donors (Lipinski definition) is 1. The Kier molecular flexibility index (Phi) is 4.50. The second-order valence-corrected chi connectivity index (χ2v) is 2.50. The Morgan fingerprint density at radius 1 is 1.89 bits per heavy atom. The van der Waals surface area contributed by atoms with E-state index in [0.29, 0.717) is 12.3 Å². The normalized spacial score (nSPS) is 12.7.